The Hall–Kier alpha value is -2.50. The Morgan fingerprint density at radius 2 is 1.91 bits per heavy atom. The Kier molecular flexibility index (Phi) is 3.44. The van der Waals surface area contributed by atoms with Crippen molar-refractivity contribution in [1.82, 2.24) is 30.4 Å². The summed E-state index contributed by atoms with van der Waals surface area (Å²) in [5.41, 5.74) is 7.49. The molecule has 0 radical (unpaired) electrons. The number of H-pyrrole nitrogens is 2. The molecule has 6 nitrogen and oxygen atoms in total. The van der Waals surface area contributed by atoms with Crippen LogP contribution in [0.15, 0.2) is 12.3 Å². The summed E-state index contributed by atoms with van der Waals surface area (Å²) < 4.78 is 0. The molecule has 0 spiro atoms. The minimum absolute atomic E-state index is 0.656. The van der Waals surface area contributed by atoms with Crippen LogP contribution in [0.2, 0.25) is 0 Å². The zero-order chi connectivity index (χ0) is 15.8. The van der Waals surface area contributed by atoms with Crippen LogP contribution in [0.4, 0.5) is 0 Å². The number of aryl methyl sites for hydroxylation is 2. The van der Waals surface area contributed by atoms with E-state index in [9.17, 15) is 0 Å². The predicted octanol–water partition coefficient (Wildman–Crippen LogP) is 3.01. The van der Waals surface area contributed by atoms with Gasteiger partial charge in [-0.25, -0.2) is 9.97 Å². The number of hydrogen-bond donors (Lipinski definition) is 2. The van der Waals surface area contributed by atoms with Crippen molar-refractivity contribution >= 4 is 0 Å². The highest BCUT2D eigenvalue weighted by Crippen LogP contribution is 2.29. The summed E-state index contributed by atoms with van der Waals surface area (Å²) in [5, 5.41) is 15.1. The van der Waals surface area contributed by atoms with Crippen molar-refractivity contribution in [3.8, 4) is 22.9 Å². The predicted molar refractivity (Wildman–Crippen MR) is 88.0 cm³/mol. The van der Waals surface area contributed by atoms with E-state index in [1.807, 2.05) is 6.07 Å². The van der Waals surface area contributed by atoms with Gasteiger partial charge in [-0.15, -0.1) is 0 Å². The molecule has 0 unspecified atom stereocenters. The standard InChI is InChI=1S/C17H20N6/c1-3-12-10(2)15(22-20-12)17-18-9-8-14(19-17)16-11-6-4-5-7-13(11)21-23-16/h8-9H,3-7H2,1-2H3,(H,20,22)(H,21,23). The van der Waals surface area contributed by atoms with E-state index in [0.717, 1.165) is 47.6 Å². The Morgan fingerprint density at radius 1 is 1.09 bits per heavy atom. The molecular weight excluding hydrogens is 288 g/mol. The van der Waals surface area contributed by atoms with Crippen LogP contribution in [0, 0.1) is 6.92 Å². The Bertz CT molecular complexity index is 845. The van der Waals surface area contributed by atoms with E-state index in [1.165, 1.54) is 24.1 Å². The molecule has 0 amide bonds. The number of rotatable bonds is 3. The topological polar surface area (TPSA) is 83.1 Å². The summed E-state index contributed by atoms with van der Waals surface area (Å²) in [6.45, 7) is 4.17. The van der Waals surface area contributed by atoms with E-state index in [4.69, 9.17) is 4.98 Å². The van der Waals surface area contributed by atoms with Crippen molar-refractivity contribution in [2.45, 2.75) is 46.0 Å². The van der Waals surface area contributed by atoms with Crippen molar-refractivity contribution in [3.05, 3.63) is 34.8 Å². The van der Waals surface area contributed by atoms with Crippen LogP contribution >= 0.6 is 0 Å². The first kappa shape index (κ1) is 14.1. The fourth-order valence-electron chi connectivity index (χ4n) is 3.29. The molecule has 0 fully saturated rings. The first-order valence-electron chi connectivity index (χ1n) is 8.21. The molecule has 0 saturated heterocycles. The van der Waals surface area contributed by atoms with Crippen LogP contribution in [0.3, 0.4) is 0 Å². The molecule has 0 bridgehead atoms. The van der Waals surface area contributed by atoms with E-state index < -0.39 is 0 Å². The molecule has 0 atom stereocenters. The van der Waals surface area contributed by atoms with E-state index >= 15 is 0 Å². The number of nitrogens with one attached hydrogen (secondary N) is 2. The van der Waals surface area contributed by atoms with E-state index in [1.54, 1.807) is 6.20 Å². The molecule has 6 heteroatoms. The molecule has 1 aliphatic carbocycles. The fourth-order valence-corrected chi connectivity index (χ4v) is 3.29. The maximum atomic E-state index is 4.73. The van der Waals surface area contributed by atoms with Crippen LogP contribution in [-0.4, -0.2) is 30.4 Å². The fraction of sp³-hybridized carbons (Fsp3) is 0.412. The Labute approximate surface area is 134 Å². The van der Waals surface area contributed by atoms with Crippen LogP contribution < -0.4 is 0 Å². The third kappa shape index (κ3) is 2.34. The van der Waals surface area contributed by atoms with Gasteiger partial charge in [-0.3, -0.25) is 10.2 Å². The maximum Gasteiger partial charge on any atom is 0.180 e. The number of aromatic nitrogens is 6. The molecule has 3 aromatic heterocycles. The molecule has 4 rings (SSSR count). The summed E-state index contributed by atoms with van der Waals surface area (Å²) in [6, 6.07) is 1.93. The van der Waals surface area contributed by atoms with Crippen LogP contribution in [0.25, 0.3) is 22.9 Å². The Morgan fingerprint density at radius 3 is 2.74 bits per heavy atom. The van der Waals surface area contributed by atoms with Gasteiger partial charge in [0.05, 0.1) is 5.69 Å². The van der Waals surface area contributed by atoms with Crippen LogP contribution in [0.5, 0.6) is 0 Å². The molecule has 0 saturated carbocycles. The van der Waals surface area contributed by atoms with Gasteiger partial charge >= 0.3 is 0 Å². The molecule has 1 aliphatic rings. The van der Waals surface area contributed by atoms with Crippen LogP contribution in [-0.2, 0) is 19.3 Å². The van der Waals surface area contributed by atoms with Crippen molar-refractivity contribution in [3.63, 3.8) is 0 Å². The van der Waals surface area contributed by atoms with Crippen molar-refractivity contribution < 1.29 is 0 Å². The average Bonchev–Trinajstić information content (AvgIpc) is 3.18. The van der Waals surface area contributed by atoms with Gasteiger partial charge in [0.2, 0.25) is 0 Å². The first-order valence-corrected chi connectivity index (χ1v) is 8.21. The highest BCUT2D eigenvalue weighted by molar-refractivity contribution is 5.64. The largest absolute Gasteiger partial charge is 0.282 e. The number of fused-ring (bicyclic) bond motifs is 1. The lowest BCUT2D eigenvalue weighted by atomic mass is 9.95. The molecule has 3 heterocycles. The highest BCUT2D eigenvalue weighted by Gasteiger charge is 2.20. The molecule has 0 aromatic carbocycles. The quantitative estimate of drug-likeness (QED) is 0.779. The number of nitrogens with zero attached hydrogens (tertiary/aromatic N) is 4. The van der Waals surface area contributed by atoms with Gasteiger partial charge in [-0.2, -0.15) is 10.2 Å². The first-order chi connectivity index (χ1) is 11.3. The summed E-state index contributed by atoms with van der Waals surface area (Å²) in [5.74, 6) is 0.656. The van der Waals surface area contributed by atoms with E-state index in [-0.39, 0.29) is 0 Å². The maximum absolute atomic E-state index is 4.73. The van der Waals surface area contributed by atoms with Gasteiger partial charge in [0.15, 0.2) is 5.82 Å². The van der Waals surface area contributed by atoms with E-state index in [2.05, 4.69) is 39.2 Å². The van der Waals surface area contributed by atoms with Crippen molar-refractivity contribution in [1.29, 1.82) is 0 Å². The highest BCUT2D eigenvalue weighted by atomic mass is 15.2. The second-order valence-electron chi connectivity index (χ2n) is 6.03. The lowest BCUT2D eigenvalue weighted by molar-refractivity contribution is 0.675. The van der Waals surface area contributed by atoms with Crippen molar-refractivity contribution in [2.24, 2.45) is 0 Å². The lowest BCUT2D eigenvalue weighted by Gasteiger charge is -2.11. The second kappa shape index (κ2) is 5.61. The molecule has 23 heavy (non-hydrogen) atoms. The summed E-state index contributed by atoms with van der Waals surface area (Å²) in [4.78, 5) is 9.13. The zero-order valence-corrected chi connectivity index (χ0v) is 13.5. The minimum Gasteiger partial charge on any atom is -0.282 e. The molecule has 3 aromatic rings. The van der Waals surface area contributed by atoms with Gasteiger partial charge in [0.1, 0.15) is 11.4 Å². The molecule has 2 N–H and O–H groups in total. The van der Waals surface area contributed by atoms with E-state index in [0.29, 0.717) is 5.82 Å². The summed E-state index contributed by atoms with van der Waals surface area (Å²) >= 11 is 0. The normalized spacial score (nSPS) is 14.0. The lowest BCUT2D eigenvalue weighted by Crippen LogP contribution is -2.02. The third-order valence-corrected chi connectivity index (χ3v) is 4.63. The zero-order valence-electron chi connectivity index (χ0n) is 13.5. The monoisotopic (exact) mass is 308 g/mol. The Balaban J connectivity index is 1.77. The van der Waals surface area contributed by atoms with Gasteiger partial charge in [0.25, 0.3) is 0 Å². The van der Waals surface area contributed by atoms with Gasteiger partial charge in [0, 0.05) is 28.7 Å². The summed E-state index contributed by atoms with van der Waals surface area (Å²) in [6.07, 6.45) is 7.32. The third-order valence-electron chi connectivity index (χ3n) is 4.63. The number of aromatic amines is 2. The second-order valence-corrected chi connectivity index (χ2v) is 6.03. The SMILES string of the molecule is CCc1[nH]nc(-c2nccc(-c3n[nH]c4c3CCCC4)n2)c1C. The summed E-state index contributed by atoms with van der Waals surface area (Å²) in [7, 11) is 0. The molecular formula is C17H20N6. The minimum atomic E-state index is 0.656. The van der Waals surface area contributed by atoms with Gasteiger partial charge in [-0.05, 0) is 45.1 Å². The molecule has 0 aliphatic heterocycles. The van der Waals surface area contributed by atoms with Crippen molar-refractivity contribution in [2.75, 3.05) is 0 Å². The molecule has 118 valence electrons. The number of hydrogen-bond acceptors (Lipinski definition) is 4. The van der Waals surface area contributed by atoms with Crippen LogP contribution in [0.1, 0.15) is 42.3 Å². The van der Waals surface area contributed by atoms with Gasteiger partial charge in [-0.1, -0.05) is 6.92 Å². The smallest absolute Gasteiger partial charge is 0.180 e. The van der Waals surface area contributed by atoms with Gasteiger partial charge < -0.3 is 0 Å². The average molecular weight is 308 g/mol.